The van der Waals surface area contributed by atoms with Crippen molar-refractivity contribution in [3.8, 4) is 0 Å². The van der Waals surface area contributed by atoms with Gasteiger partial charge in [0, 0.05) is 44.0 Å². The molecule has 1 N–H and O–H groups in total. The van der Waals surface area contributed by atoms with Gasteiger partial charge in [0.2, 0.25) is 5.91 Å². The molecule has 0 spiro atoms. The van der Waals surface area contributed by atoms with E-state index >= 15 is 0 Å². The van der Waals surface area contributed by atoms with E-state index in [1.54, 1.807) is 18.2 Å². The van der Waals surface area contributed by atoms with Gasteiger partial charge in [-0.15, -0.1) is 0 Å². The fourth-order valence-electron chi connectivity index (χ4n) is 5.13. The number of amides is 1. The van der Waals surface area contributed by atoms with E-state index in [1.807, 2.05) is 6.07 Å². The number of likely N-dealkylation sites (tertiary alicyclic amines) is 1. The van der Waals surface area contributed by atoms with Crippen molar-refractivity contribution in [1.29, 1.82) is 0 Å². The molecule has 0 radical (unpaired) electrons. The zero-order valence-electron chi connectivity index (χ0n) is 20.2. The molecule has 6 nitrogen and oxygen atoms in total. The van der Waals surface area contributed by atoms with E-state index in [-0.39, 0.29) is 11.8 Å². The van der Waals surface area contributed by atoms with Crippen LogP contribution in [0.3, 0.4) is 0 Å². The monoisotopic (exact) mass is 483 g/mol. The highest BCUT2D eigenvalue weighted by Crippen LogP contribution is 2.26. The van der Waals surface area contributed by atoms with E-state index in [1.165, 1.54) is 24.7 Å². The molecule has 7 heteroatoms. The first kappa shape index (κ1) is 24.7. The molecule has 0 aliphatic carbocycles. The Balaban J connectivity index is 1.14. The fraction of sp³-hybridized carbons (Fsp3) is 0.519. The van der Waals surface area contributed by atoms with Crippen LogP contribution in [0.1, 0.15) is 37.7 Å². The standard InChI is InChI=1S/C27H37N3O3S/c1-34(32,33)26-9-5-8-25(20-26)30-18-13-24(14-19-30)27(31)28-15-10-22-11-16-29(17-12-22)21-23-6-3-2-4-7-23/h2-9,20,22,24H,10-19,21H2,1H3,(H,28,31). The van der Waals surface area contributed by atoms with Crippen molar-refractivity contribution >= 4 is 21.4 Å². The lowest BCUT2D eigenvalue weighted by atomic mass is 9.92. The highest BCUT2D eigenvalue weighted by atomic mass is 32.2. The molecule has 0 aromatic heterocycles. The van der Waals surface area contributed by atoms with Crippen molar-refractivity contribution in [1.82, 2.24) is 10.2 Å². The number of sulfone groups is 1. The Morgan fingerprint density at radius 3 is 2.32 bits per heavy atom. The lowest BCUT2D eigenvalue weighted by Gasteiger charge is -2.33. The first-order chi connectivity index (χ1) is 16.4. The van der Waals surface area contributed by atoms with E-state index in [0.717, 1.165) is 64.2 Å². The summed E-state index contributed by atoms with van der Waals surface area (Å²) in [5, 5.41) is 3.18. The molecule has 2 fully saturated rings. The molecule has 2 aliphatic heterocycles. The van der Waals surface area contributed by atoms with Crippen LogP contribution in [0.25, 0.3) is 0 Å². The second kappa shape index (κ2) is 11.4. The molecule has 0 bridgehead atoms. The highest BCUT2D eigenvalue weighted by molar-refractivity contribution is 7.90. The van der Waals surface area contributed by atoms with Crippen LogP contribution in [0.2, 0.25) is 0 Å². The third-order valence-corrected chi connectivity index (χ3v) is 8.39. The number of hydrogen-bond acceptors (Lipinski definition) is 5. The average molecular weight is 484 g/mol. The molecule has 1 amide bonds. The second-order valence-corrected chi connectivity index (χ2v) is 11.8. The Bertz CT molecular complexity index is 1040. The van der Waals surface area contributed by atoms with Crippen molar-refractivity contribution < 1.29 is 13.2 Å². The Labute approximate surface area is 204 Å². The van der Waals surface area contributed by atoms with E-state index in [9.17, 15) is 13.2 Å². The zero-order chi connectivity index (χ0) is 24.0. The number of benzene rings is 2. The molecular formula is C27H37N3O3S. The summed E-state index contributed by atoms with van der Waals surface area (Å²) in [6.07, 6.45) is 6.29. The summed E-state index contributed by atoms with van der Waals surface area (Å²) < 4.78 is 23.7. The summed E-state index contributed by atoms with van der Waals surface area (Å²) in [4.78, 5) is 17.8. The van der Waals surface area contributed by atoms with Crippen LogP contribution in [0.4, 0.5) is 5.69 Å². The molecule has 2 heterocycles. The van der Waals surface area contributed by atoms with Gasteiger partial charge < -0.3 is 10.2 Å². The van der Waals surface area contributed by atoms with Gasteiger partial charge in [0.15, 0.2) is 9.84 Å². The quantitative estimate of drug-likeness (QED) is 0.620. The number of carbonyl (C=O) groups is 1. The van der Waals surface area contributed by atoms with Crippen LogP contribution in [0.15, 0.2) is 59.5 Å². The molecule has 0 atom stereocenters. The van der Waals surface area contributed by atoms with Crippen LogP contribution in [0, 0.1) is 11.8 Å². The van der Waals surface area contributed by atoms with Gasteiger partial charge in [0.25, 0.3) is 0 Å². The van der Waals surface area contributed by atoms with Crippen LogP contribution in [0.5, 0.6) is 0 Å². The van der Waals surface area contributed by atoms with Crippen molar-refractivity contribution in [2.45, 2.75) is 43.5 Å². The molecule has 2 aromatic rings. The smallest absolute Gasteiger partial charge is 0.223 e. The minimum atomic E-state index is -3.22. The summed E-state index contributed by atoms with van der Waals surface area (Å²) in [6.45, 7) is 5.59. The van der Waals surface area contributed by atoms with Gasteiger partial charge in [-0.3, -0.25) is 9.69 Å². The van der Waals surface area contributed by atoms with Crippen LogP contribution in [-0.4, -0.2) is 58.2 Å². The molecular weight excluding hydrogens is 446 g/mol. The third-order valence-electron chi connectivity index (χ3n) is 7.28. The van der Waals surface area contributed by atoms with Crippen molar-refractivity contribution in [2.24, 2.45) is 11.8 Å². The van der Waals surface area contributed by atoms with E-state index < -0.39 is 9.84 Å². The van der Waals surface area contributed by atoms with Gasteiger partial charge in [0.1, 0.15) is 0 Å². The SMILES string of the molecule is CS(=O)(=O)c1cccc(N2CCC(C(=O)NCCC3CCN(Cc4ccccc4)CC3)CC2)c1. The number of carbonyl (C=O) groups excluding carboxylic acids is 1. The predicted octanol–water partition coefficient (Wildman–Crippen LogP) is 3.73. The minimum absolute atomic E-state index is 0.0436. The van der Waals surface area contributed by atoms with Crippen molar-refractivity contribution in [2.75, 3.05) is 43.9 Å². The van der Waals surface area contributed by atoms with Gasteiger partial charge in [-0.25, -0.2) is 8.42 Å². The van der Waals surface area contributed by atoms with Gasteiger partial charge in [-0.05, 0) is 74.9 Å². The van der Waals surface area contributed by atoms with E-state index in [2.05, 4.69) is 45.4 Å². The second-order valence-electron chi connectivity index (χ2n) is 9.82. The highest BCUT2D eigenvalue weighted by Gasteiger charge is 2.26. The normalized spacial score (nSPS) is 18.7. The van der Waals surface area contributed by atoms with Gasteiger partial charge in [-0.1, -0.05) is 36.4 Å². The Hall–Kier alpha value is -2.38. The zero-order valence-corrected chi connectivity index (χ0v) is 21.0. The van der Waals surface area contributed by atoms with Crippen LogP contribution >= 0.6 is 0 Å². The number of nitrogens with one attached hydrogen (secondary N) is 1. The molecule has 0 unspecified atom stereocenters. The summed E-state index contributed by atoms with van der Waals surface area (Å²) >= 11 is 0. The molecule has 2 aromatic carbocycles. The van der Waals surface area contributed by atoms with Crippen molar-refractivity contribution in [3.05, 3.63) is 60.2 Å². The Kier molecular flexibility index (Phi) is 8.27. The molecule has 2 aliphatic rings. The van der Waals surface area contributed by atoms with Gasteiger partial charge >= 0.3 is 0 Å². The summed E-state index contributed by atoms with van der Waals surface area (Å²) in [5.74, 6) is 0.907. The van der Waals surface area contributed by atoms with Crippen LogP contribution < -0.4 is 10.2 Å². The van der Waals surface area contributed by atoms with Crippen molar-refractivity contribution in [3.63, 3.8) is 0 Å². The first-order valence-electron chi connectivity index (χ1n) is 12.5. The number of anilines is 1. The summed E-state index contributed by atoms with van der Waals surface area (Å²) in [5.41, 5.74) is 2.29. The lowest BCUT2D eigenvalue weighted by Crippen LogP contribution is -2.41. The minimum Gasteiger partial charge on any atom is -0.371 e. The summed E-state index contributed by atoms with van der Waals surface area (Å²) in [7, 11) is -3.22. The molecule has 2 saturated heterocycles. The maximum absolute atomic E-state index is 12.7. The molecule has 0 saturated carbocycles. The number of rotatable bonds is 8. The molecule has 184 valence electrons. The van der Waals surface area contributed by atoms with Crippen LogP contribution in [-0.2, 0) is 21.2 Å². The molecule has 4 rings (SSSR count). The molecule has 34 heavy (non-hydrogen) atoms. The first-order valence-corrected chi connectivity index (χ1v) is 14.4. The summed E-state index contributed by atoms with van der Waals surface area (Å²) in [6, 6.07) is 17.8. The Morgan fingerprint density at radius 1 is 0.941 bits per heavy atom. The lowest BCUT2D eigenvalue weighted by molar-refractivity contribution is -0.125. The fourth-order valence-corrected chi connectivity index (χ4v) is 5.79. The Morgan fingerprint density at radius 2 is 1.65 bits per heavy atom. The maximum Gasteiger partial charge on any atom is 0.223 e. The number of piperidine rings is 2. The predicted molar refractivity (Wildman–Crippen MR) is 137 cm³/mol. The van der Waals surface area contributed by atoms with E-state index in [4.69, 9.17) is 0 Å². The van der Waals surface area contributed by atoms with Gasteiger partial charge in [0.05, 0.1) is 4.90 Å². The number of nitrogens with zero attached hydrogens (tertiary/aromatic N) is 2. The number of hydrogen-bond donors (Lipinski definition) is 1. The maximum atomic E-state index is 12.7. The third kappa shape index (κ3) is 6.83. The van der Waals surface area contributed by atoms with E-state index in [0.29, 0.717) is 10.8 Å². The largest absolute Gasteiger partial charge is 0.371 e. The topological polar surface area (TPSA) is 69.7 Å². The van der Waals surface area contributed by atoms with Gasteiger partial charge in [-0.2, -0.15) is 0 Å². The average Bonchev–Trinajstić information content (AvgIpc) is 2.85.